The van der Waals surface area contributed by atoms with Gasteiger partial charge in [0.1, 0.15) is 11.9 Å². The number of fused-ring (bicyclic) bond motifs is 1. The molecule has 0 spiro atoms. The molecule has 4 atom stereocenters. The highest BCUT2D eigenvalue weighted by molar-refractivity contribution is 5.89. The maximum absolute atomic E-state index is 11.6. The maximum atomic E-state index is 11.6. The average Bonchev–Trinajstić information content (AvgIpc) is 2.97. The molecule has 6 heteroatoms. The molecular formula is C18H23NO5. The number of aliphatic hydroxyl groups is 1. The number of likely N-dealkylation sites (tertiary alicyclic amines) is 1. The lowest BCUT2D eigenvalue weighted by atomic mass is 9.78. The molecule has 1 heterocycles. The first-order valence-electron chi connectivity index (χ1n) is 8.26. The van der Waals surface area contributed by atoms with E-state index in [9.17, 15) is 14.7 Å². The molecule has 1 saturated carbocycles. The van der Waals surface area contributed by atoms with Crippen LogP contribution in [0.3, 0.4) is 0 Å². The number of hydrogen-bond acceptors (Lipinski definition) is 5. The van der Waals surface area contributed by atoms with E-state index in [2.05, 4.69) is 0 Å². The Kier molecular flexibility index (Phi) is 4.76. The van der Waals surface area contributed by atoms with Gasteiger partial charge in [0.15, 0.2) is 0 Å². The van der Waals surface area contributed by atoms with Crippen LogP contribution in [0.15, 0.2) is 24.3 Å². The van der Waals surface area contributed by atoms with E-state index < -0.39 is 12.1 Å². The summed E-state index contributed by atoms with van der Waals surface area (Å²) in [7, 11) is 1.34. The molecule has 2 aliphatic rings. The SMILES string of the molecule is COC(=O)c1cccc(O[C@@H]2C[C@@H]3CN(C(C)=O)C[C@@H]3C[C@H]2O)c1. The van der Waals surface area contributed by atoms with Gasteiger partial charge in [-0.05, 0) is 42.9 Å². The molecule has 1 amide bonds. The Bertz CT molecular complexity index is 632. The summed E-state index contributed by atoms with van der Waals surface area (Å²) in [4.78, 5) is 25.0. The second kappa shape index (κ2) is 6.81. The van der Waals surface area contributed by atoms with Gasteiger partial charge in [-0.2, -0.15) is 0 Å². The van der Waals surface area contributed by atoms with Crippen LogP contribution in [0, 0.1) is 11.8 Å². The predicted molar refractivity (Wildman–Crippen MR) is 86.7 cm³/mol. The van der Waals surface area contributed by atoms with E-state index in [1.807, 2.05) is 4.90 Å². The summed E-state index contributed by atoms with van der Waals surface area (Å²) in [6.07, 6.45) is 0.444. The van der Waals surface area contributed by atoms with Crippen molar-refractivity contribution in [1.29, 1.82) is 0 Å². The molecule has 1 N–H and O–H groups in total. The summed E-state index contributed by atoms with van der Waals surface area (Å²) >= 11 is 0. The highest BCUT2D eigenvalue weighted by Gasteiger charge is 2.43. The van der Waals surface area contributed by atoms with Gasteiger partial charge in [-0.15, -0.1) is 0 Å². The normalized spacial score (nSPS) is 29.0. The number of carbonyl (C=O) groups excluding carboxylic acids is 2. The highest BCUT2D eigenvalue weighted by atomic mass is 16.5. The minimum atomic E-state index is -0.569. The maximum Gasteiger partial charge on any atom is 0.337 e. The second-order valence-corrected chi connectivity index (χ2v) is 6.66. The van der Waals surface area contributed by atoms with Crippen LogP contribution in [0.5, 0.6) is 5.75 Å². The fraction of sp³-hybridized carbons (Fsp3) is 0.556. The molecule has 0 radical (unpaired) electrons. The quantitative estimate of drug-likeness (QED) is 0.848. The number of methoxy groups -OCH3 is 1. The van der Waals surface area contributed by atoms with E-state index in [0.29, 0.717) is 36.0 Å². The Morgan fingerprint density at radius 3 is 2.58 bits per heavy atom. The lowest BCUT2D eigenvalue weighted by Crippen LogP contribution is -2.42. The third-order valence-electron chi connectivity index (χ3n) is 5.07. The topological polar surface area (TPSA) is 76.1 Å². The van der Waals surface area contributed by atoms with Gasteiger partial charge >= 0.3 is 5.97 Å². The minimum absolute atomic E-state index is 0.0853. The summed E-state index contributed by atoms with van der Waals surface area (Å²) in [6.45, 7) is 3.04. The van der Waals surface area contributed by atoms with Crippen molar-refractivity contribution in [2.24, 2.45) is 11.8 Å². The first-order chi connectivity index (χ1) is 11.5. The predicted octanol–water partition coefficient (Wildman–Crippen LogP) is 1.47. The highest BCUT2D eigenvalue weighted by Crippen LogP contribution is 2.38. The Balaban J connectivity index is 1.68. The van der Waals surface area contributed by atoms with Gasteiger partial charge in [-0.3, -0.25) is 4.79 Å². The average molecular weight is 333 g/mol. The van der Waals surface area contributed by atoms with Crippen molar-refractivity contribution in [3.63, 3.8) is 0 Å². The molecule has 2 fully saturated rings. The van der Waals surface area contributed by atoms with Crippen LogP contribution in [-0.4, -0.2) is 54.3 Å². The fourth-order valence-electron chi connectivity index (χ4n) is 3.76. The zero-order chi connectivity index (χ0) is 17.3. The number of rotatable bonds is 3. The molecule has 3 rings (SSSR count). The van der Waals surface area contributed by atoms with Crippen molar-refractivity contribution < 1.29 is 24.2 Å². The number of hydrogen-bond donors (Lipinski definition) is 1. The molecule has 0 bridgehead atoms. The summed E-state index contributed by atoms with van der Waals surface area (Å²) in [5, 5.41) is 10.4. The third kappa shape index (κ3) is 3.38. The number of benzene rings is 1. The van der Waals surface area contributed by atoms with Crippen molar-refractivity contribution in [1.82, 2.24) is 4.90 Å². The fourth-order valence-corrected chi connectivity index (χ4v) is 3.76. The van der Waals surface area contributed by atoms with Crippen LogP contribution in [0.25, 0.3) is 0 Å². The van der Waals surface area contributed by atoms with Gasteiger partial charge in [0.2, 0.25) is 5.91 Å². The van der Waals surface area contributed by atoms with Gasteiger partial charge in [0.05, 0.1) is 18.8 Å². The molecule has 130 valence electrons. The number of aliphatic hydroxyl groups excluding tert-OH is 1. The lowest BCUT2D eigenvalue weighted by molar-refractivity contribution is -0.128. The number of esters is 1. The van der Waals surface area contributed by atoms with Gasteiger partial charge in [0, 0.05) is 20.0 Å². The van der Waals surface area contributed by atoms with Crippen LogP contribution in [0.1, 0.15) is 30.1 Å². The minimum Gasteiger partial charge on any atom is -0.488 e. The van der Waals surface area contributed by atoms with Gasteiger partial charge < -0.3 is 19.5 Å². The molecular weight excluding hydrogens is 310 g/mol. The van der Waals surface area contributed by atoms with E-state index in [0.717, 1.165) is 13.1 Å². The lowest BCUT2D eigenvalue weighted by Gasteiger charge is -2.35. The Labute approximate surface area is 141 Å². The van der Waals surface area contributed by atoms with Crippen molar-refractivity contribution in [3.05, 3.63) is 29.8 Å². The Hall–Kier alpha value is -2.08. The van der Waals surface area contributed by atoms with Crippen LogP contribution in [0.4, 0.5) is 0 Å². The van der Waals surface area contributed by atoms with Crippen molar-refractivity contribution in [3.8, 4) is 5.75 Å². The van der Waals surface area contributed by atoms with E-state index in [1.54, 1.807) is 31.2 Å². The number of nitrogens with zero attached hydrogens (tertiary/aromatic N) is 1. The molecule has 1 aliphatic carbocycles. The first-order valence-corrected chi connectivity index (χ1v) is 8.26. The molecule has 1 aromatic carbocycles. The number of amides is 1. The summed E-state index contributed by atoms with van der Waals surface area (Å²) in [6, 6.07) is 6.78. The molecule has 1 aliphatic heterocycles. The Morgan fingerprint density at radius 2 is 1.92 bits per heavy atom. The van der Waals surface area contributed by atoms with Crippen molar-refractivity contribution in [2.75, 3.05) is 20.2 Å². The molecule has 0 aromatic heterocycles. The zero-order valence-corrected chi connectivity index (χ0v) is 14.0. The zero-order valence-electron chi connectivity index (χ0n) is 14.0. The van der Waals surface area contributed by atoms with Crippen LogP contribution < -0.4 is 4.74 Å². The van der Waals surface area contributed by atoms with Gasteiger partial charge in [-0.25, -0.2) is 4.79 Å². The van der Waals surface area contributed by atoms with Gasteiger partial charge in [0.25, 0.3) is 0 Å². The molecule has 6 nitrogen and oxygen atoms in total. The molecule has 1 aromatic rings. The second-order valence-electron chi connectivity index (χ2n) is 6.66. The van der Waals surface area contributed by atoms with Crippen LogP contribution >= 0.6 is 0 Å². The molecule has 1 saturated heterocycles. The van der Waals surface area contributed by atoms with Crippen molar-refractivity contribution >= 4 is 11.9 Å². The van der Waals surface area contributed by atoms with Crippen LogP contribution in [-0.2, 0) is 9.53 Å². The summed E-state index contributed by atoms with van der Waals surface area (Å²) in [5.74, 6) is 0.901. The Morgan fingerprint density at radius 1 is 1.21 bits per heavy atom. The monoisotopic (exact) mass is 333 g/mol. The third-order valence-corrected chi connectivity index (χ3v) is 5.07. The van der Waals surface area contributed by atoms with Crippen molar-refractivity contribution in [2.45, 2.75) is 32.0 Å². The molecule has 0 unspecified atom stereocenters. The van der Waals surface area contributed by atoms with Gasteiger partial charge in [-0.1, -0.05) is 6.07 Å². The van der Waals surface area contributed by atoms with E-state index in [1.165, 1.54) is 7.11 Å². The summed E-state index contributed by atoms with van der Waals surface area (Å²) < 4.78 is 10.7. The van der Waals surface area contributed by atoms with E-state index in [4.69, 9.17) is 9.47 Å². The van der Waals surface area contributed by atoms with Crippen LogP contribution in [0.2, 0.25) is 0 Å². The standard InChI is InChI=1S/C18H23NO5/c1-11(20)19-9-13-7-16(21)17(8-14(13)10-19)24-15-5-3-4-12(6-15)18(22)23-2/h3-6,13-14,16-17,21H,7-10H2,1-2H3/t13-,14+,16+,17+/m0/s1. The largest absolute Gasteiger partial charge is 0.488 e. The first kappa shape index (κ1) is 16.8. The number of ether oxygens (including phenoxy) is 2. The van der Waals surface area contributed by atoms with E-state index >= 15 is 0 Å². The summed E-state index contributed by atoms with van der Waals surface area (Å²) in [5.41, 5.74) is 0.418. The smallest absolute Gasteiger partial charge is 0.337 e. The number of carbonyl (C=O) groups is 2. The molecule has 24 heavy (non-hydrogen) atoms. The van der Waals surface area contributed by atoms with E-state index in [-0.39, 0.29) is 12.0 Å².